The van der Waals surface area contributed by atoms with Crippen LogP contribution in [0, 0.1) is 6.07 Å². The third-order valence-corrected chi connectivity index (χ3v) is 4.28. The zero-order valence-corrected chi connectivity index (χ0v) is 12.1. The van der Waals surface area contributed by atoms with Crippen LogP contribution in [-0.4, -0.2) is 61.2 Å². The van der Waals surface area contributed by atoms with Gasteiger partial charge in [0.2, 0.25) is 0 Å². The third-order valence-electron chi connectivity index (χ3n) is 4.28. The average molecular weight is 301 g/mol. The maximum atomic E-state index is 11.4. The van der Waals surface area contributed by atoms with Crippen LogP contribution in [0.5, 0.6) is 0 Å². The zero-order valence-electron chi connectivity index (χ0n) is 12.1. The van der Waals surface area contributed by atoms with Crippen LogP contribution < -0.4 is 10.6 Å². The molecule has 0 aliphatic carbocycles. The number of aromatic nitrogens is 1. The van der Waals surface area contributed by atoms with Crippen molar-refractivity contribution in [2.75, 3.05) is 44.3 Å². The SMILES string of the molecule is NC(=O)c1[c]ccc2oc(N3CC(N4CCOCC4)C3)nc12. The number of morpholine rings is 1. The first-order chi connectivity index (χ1) is 10.7. The van der Waals surface area contributed by atoms with Crippen LogP contribution in [0.15, 0.2) is 16.5 Å². The van der Waals surface area contributed by atoms with Crippen LogP contribution in [0.3, 0.4) is 0 Å². The van der Waals surface area contributed by atoms with Crippen molar-refractivity contribution in [2.45, 2.75) is 6.04 Å². The first-order valence-electron chi connectivity index (χ1n) is 7.40. The van der Waals surface area contributed by atoms with Crippen molar-refractivity contribution >= 4 is 23.0 Å². The summed E-state index contributed by atoms with van der Waals surface area (Å²) in [5, 5.41) is 0. The lowest BCUT2D eigenvalue weighted by Crippen LogP contribution is -2.61. The summed E-state index contributed by atoms with van der Waals surface area (Å²) < 4.78 is 11.1. The quantitative estimate of drug-likeness (QED) is 0.874. The molecule has 0 unspecified atom stereocenters. The van der Waals surface area contributed by atoms with E-state index in [9.17, 15) is 4.79 Å². The topological polar surface area (TPSA) is 84.8 Å². The average Bonchev–Trinajstić information content (AvgIpc) is 2.89. The lowest BCUT2D eigenvalue weighted by molar-refractivity contribution is 0.00988. The first-order valence-corrected chi connectivity index (χ1v) is 7.40. The van der Waals surface area contributed by atoms with Gasteiger partial charge in [-0.05, 0) is 18.2 Å². The highest BCUT2D eigenvalue weighted by Gasteiger charge is 2.35. The Morgan fingerprint density at radius 1 is 1.36 bits per heavy atom. The van der Waals surface area contributed by atoms with Gasteiger partial charge < -0.3 is 19.8 Å². The second kappa shape index (κ2) is 5.26. The summed E-state index contributed by atoms with van der Waals surface area (Å²) in [5.41, 5.74) is 6.68. The summed E-state index contributed by atoms with van der Waals surface area (Å²) in [7, 11) is 0. The van der Waals surface area contributed by atoms with Crippen LogP contribution in [0.25, 0.3) is 11.1 Å². The van der Waals surface area contributed by atoms with E-state index in [1.807, 2.05) is 0 Å². The summed E-state index contributed by atoms with van der Waals surface area (Å²) in [5.74, 6) is -0.541. The first kappa shape index (κ1) is 13.5. The molecule has 3 heterocycles. The highest BCUT2D eigenvalue weighted by atomic mass is 16.5. The van der Waals surface area contributed by atoms with E-state index in [1.165, 1.54) is 0 Å². The number of carbonyl (C=O) groups is 1. The molecule has 7 nitrogen and oxygen atoms in total. The third kappa shape index (κ3) is 2.22. The molecule has 2 fully saturated rings. The van der Waals surface area contributed by atoms with Gasteiger partial charge in [0, 0.05) is 32.2 Å². The van der Waals surface area contributed by atoms with E-state index in [0.717, 1.165) is 39.4 Å². The molecule has 1 amide bonds. The normalized spacial score (nSPS) is 20.3. The van der Waals surface area contributed by atoms with E-state index in [1.54, 1.807) is 12.1 Å². The fourth-order valence-corrected chi connectivity index (χ4v) is 2.99. The van der Waals surface area contributed by atoms with E-state index in [4.69, 9.17) is 14.9 Å². The fourth-order valence-electron chi connectivity index (χ4n) is 2.99. The van der Waals surface area contributed by atoms with Crippen LogP contribution in [0.1, 0.15) is 10.4 Å². The largest absolute Gasteiger partial charge is 0.423 e. The Balaban J connectivity index is 1.51. The van der Waals surface area contributed by atoms with Gasteiger partial charge in [-0.3, -0.25) is 9.69 Å². The number of hydrogen-bond acceptors (Lipinski definition) is 6. The Kier molecular flexibility index (Phi) is 3.24. The van der Waals surface area contributed by atoms with Gasteiger partial charge in [0.05, 0.1) is 18.8 Å². The number of benzene rings is 1. The molecule has 4 rings (SSSR count). The lowest BCUT2D eigenvalue weighted by atomic mass is 10.1. The van der Waals surface area contributed by atoms with Crippen molar-refractivity contribution < 1.29 is 13.9 Å². The summed E-state index contributed by atoms with van der Waals surface area (Å²) in [6, 6.07) is 7.26. The molecule has 2 aliphatic rings. The Morgan fingerprint density at radius 2 is 2.14 bits per heavy atom. The minimum Gasteiger partial charge on any atom is -0.423 e. The number of nitrogens with two attached hydrogens (primary N) is 1. The molecule has 115 valence electrons. The van der Waals surface area contributed by atoms with Crippen LogP contribution in [0.2, 0.25) is 0 Å². The van der Waals surface area contributed by atoms with Gasteiger partial charge in [0.15, 0.2) is 5.58 Å². The predicted molar refractivity (Wildman–Crippen MR) is 79.8 cm³/mol. The molecule has 7 heteroatoms. The summed E-state index contributed by atoms with van der Waals surface area (Å²) in [6.07, 6.45) is 0. The molecule has 2 aromatic rings. The smallest absolute Gasteiger partial charge is 0.298 e. The number of primary amides is 1. The van der Waals surface area contributed by atoms with E-state index in [-0.39, 0.29) is 5.56 Å². The molecule has 0 bridgehead atoms. The monoisotopic (exact) mass is 301 g/mol. The molecular weight excluding hydrogens is 284 g/mol. The molecule has 2 aliphatic heterocycles. The lowest BCUT2D eigenvalue weighted by Gasteiger charge is -2.45. The number of carbonyl (C=O) groups excluding carboxylic acids is 1. The van der Waals surface area contributed by atoms with Crippen molar-refractivity contribution in [3.05, 3.63) is 23.8 Å². The number of fused-ring (bicyclic) bond motifs is 1. The minimum atomic E-state index is -0.541. The van der Waals surface area contributed by atoms with Gasteiger partial charge >= 0.3 is 0 Å². The zero-order chi connectivity index (χ0) is 15.1. The highest BCUT2D eigenvalue weighted by Crippen LogP contribution is 2.28. The number of rotatable bonds is 3. The van der Waals surface area contributed by atoms with Gasteiger partial charge in [0.1, 0.15) is 5.52 Å². The number of oxazole rings is 1. The summed E-state index contributed by atoms with van der Waals surface area (Å²) in [4.78, 5) is 20.3. The number of ether oxygens (including phenoxy) is 1. The van der Waals surface area contributed by atoms with Crippen molar-refractivity contribution in [3.63, 3.8) is 0 Å². The van der Waals surface area contributed by atoms with Gasteiger partial charge in [-0.25, -0.2) is 0 Å². The van der Waals surface area contributed by atoms with E-state index in [0.29, 0.717) is 23.2 Å². The number of nitrogens with zero attached hydrogens (tertiary/aromatic N) is 3. The van der Waals surface area contributed by atoms with Gasteiger partial charge in [0.25, 0.3) is 11.9 Å². The van der Waals surface area contributed by atoms with E-state index in [2.05, 4.69) is 20.9 Å². The highest BCUT2D eigenvalue weighted by molar-refractivity contribution is 6.03. The van der Waals surface area contributed by atoms with Crippen molar-refractivity contribution in [2.24, 2.45) is 5.73 Å². The molecule has 1 radical (unpaired) electrons. The van der Waals surface area contributed by atoms with Crippen LogP contribution in [0.4, 0.5) is 6.01 Å². The molecule has 2 saturated heterocycles. The second-order valence-corrected chi connectivity index (χ2v) is 5.63. The molecular formula is C15H17N4O3. The van der Waals surface area contributed by atoms with Gasteiger partial charge in [-0.15, -0.1) is 0 Å². The van der Waals surface area contributed by atoms with Crippen molar-refractivity contribution in [1.29, 1.82) is 0 Å². The van der Waals surface area contributed by atoms with Crippen LogP contribution in [-0.2, 0) is 4.74 Å². The van der Waals surface area contributed by atoms with Crippen molar-refractivity contribution in [1.82, 2.24) is 9.88 Å². The van der Waals surface area contributed by atoms with Crippen molar-refractivity contribution in [3.8, 4) is 0 Å². The molecule has 0 atom stereocenters. The maximum Gasteiger partial charge on any atom is 0.298 e. The maximum absolute atomic E-state index is 11.4. The molecule has 0 spiro atoms. The van der Waals surface area contributed by atoms with Gasteiger partial charge in [-0.2, -0.15) is 4.98 Å². The predicted octanol–water partition coefficient (Wildman–Crippen LogP) is 0.248. The molecule has 1 aromatic carbocycles. The van der Waals surface area contributed by atoms with E-state index < -0.39 is 5.91 Å². The molecule has 1 aromatic heterocycles. The Bertz CT molecular complexity index is 702. The number of amides is 1. The van der Waals surface area contributed by atoms with E-state index >= 15 is 0 Å². The standard InChI is InChI=1S/C15H17N4O3/c16-14(20)11-2-1-3-12-13(11)17-15(22-12)19-8-10(9-19)18-4-6-21-7-5-18/h1,3,10H,4-9H2,(H2,16,20). The Hall–Kier alpha value is -2.12. The summed E-state index contributed by atoms with van der Waals surface area (Å²) in [6.45, 7) is 5.32. The van der Waals surface area contributed by atoms with Gasteiger partial charge in [-0.1, -0.05) is 0 Å². The molecule has 22 heavy (non-hydrogen) atoms. The molecule has 2 N–H and O–H groups in total. The van der Waals surface area contributed by atoms with Crippen LogP contribution >= 0.6 is 0 Å². The second-order valence-electron chi connectivity index (χ2n) is 5.63. The number of anilines is 1. The summed E-state index contributed by atoms with van der Waals surface area (Å²) >= 11 is 0. The Morgan fingerprint density at radius 3 is 2.86 bits per heavy atom. The molecule has 0 saturated carbocycles. The number of hydrogen-bond donors (Lipinski definition) is 1. The minimum absolute atomic E-state index is 0.276. The Labute approximate surface area is 127 Å². The fraction of sp³-hybridized carbons (Fsp3) is 0.467.